The molecule has 0 fully saturated rings. The molecular weight excluding hydrogens is 761 g/mol. The van der Waals surface area contributed by atoms with Crippen molar-refractivity contribution in [2.24, 2.45) is 15.0 Å². The maximum atomic E-state index is 5.97. The Morgan fingerprint density at radius 1 is 0.814 bits per heavy atom. The maximum absolute atomic E-state index is 5.97. The second-order valence-corrected chi connectivity index (χ2v) is 14.8. The van der Waals surface area contributed by atoms with Gasteiger partial charge in [-0.1, -0.05) is 128 Å². The van der Waals surface area contributed by atoms with E-state index in [1.807, 2.05) is 129 Å². The van der Waals surface area contributed by atoms with Crippen molar-refractivity contribution in [2.45, 2.75) is 25.3 Å². The van der Waals surface area contributed by atoms with Crippen molar-refractivity contribution in [3.05, 3.63) is 192 Å². The molecular formula is C51H40N6S2. The topological polar surface area (TPSA) is 75.8 Å². The van der Waals surface area contributed by atoms with E-state index < -0.39 is 0 Å². The van der Waals surface area contributed by atoms with Crippen LogP contribution in [0.2, 0.25) is 0 Å². The second kappa shape index (κ2) is 18.9. The van der Waals surface area contributed by atoms with Crippen LogP contribution in [0.25, 0.3) is 54.1 Å². The summed E-state index contributed by atoms with van der Waals surface area (Å²) in [6, 6.07) is 38.4. The number of rotatable bonds is 11. The van der Waals surface area contributed by atoms with Crippen LogP contribution in [0.1, 0.15) is 41.9 Å². The second-order valence-electron chi connectivity index (χ2n) is 13.2. The van der Waals surface area contributed by atoms with Gasteiger partial charge in [0.25, 0.3) is 0 Å². The molecule has 0 amide bonds. The van der Waals surface area contributed by atoms with E-state index in [9.17, 15) is 0 Å². The van der Waals surface area contributed by atoms with Crippen LogP contribution in [0.15, 0.2) is 184 Å². The standard InChI is InChI=1S/C51H40N6S2/c1-6-10-21-35(8-3)41-31-39(27-29-43(41)58)50-55-49(36(9-4)22-11-7-2)56-51(57-50)40-25-18-26-45-46(40)42-32-38(28-30-44(42)59-45)47(52-5)54-48(37-23-16-13-17-24-37)53-33-34-19-14-12-15-20-34/h3,6-7,9-32,58H,2,5,33H2,1,4H3/b10-6-,22-11-,35-21+,36-9+,53-48?,54-47?. The van der Waals surface area contributed by atoms with E-state index in [1.54, 1.807) is 17.4 Å². The smallest absolute Gasteiger partial charge is 0.164 e. The Morgan fingerprint density at radius 2 is 1.59 bits per heavy atom. The molecule has 0 radical (unpaired) electrons. The van der Waals surface area contributed by atoms with Crippen molar-refractivity contribution in [1.82, 2.24) is 15.0 Å². The lowest BCUT2D eigenvalue weighted by atomic mass is 10.0. The van der Waals surface area contributed by atoms with E-state index in [-0.39, 0.29) is 0 Å². The summed E-state index contributed by atoms with van der Waals surface area (Å²) in [5.41, 5.74) is 6.75. The van der Waals surface area contributed by atoms with Gasteiger partial charge in [0.2, 0.25) is 0 Å². The van der Waals surface area contributed by atoms with Crippen molar-refractivity contribution in [3.8, 4) is 35.1 Å². The van der Waals surface area contributed by atoms with Crippen LogP contribution < -0.4 is 0 Å². The SMILES string of the molecule is C#C/C(=C\C=C/C)c1cc(-c2nc(C(/C=C\C=C)=C/C)nc(-c3cccc4sc5ccc(C(N=C)=NC(=NCc6ccccc6)c6ccccc6)cc5c34)n2)ccc1S. The van der Waals surface area contributed by atoms with Gasteiger partial charge in [-0.2, -0.15) is 0 Å². The summed E-state index contributed by atoms with van der Waals surface area (Å²) in [4.78, 5) is 30.4. The number of benzene rings is 5. The fourth-order valence-electron chi connectivity index (χ4n) is 6.50. The summed E-state index contributed by atoms with van der Waals surface area (Å²) in [5.74, 6) is 5.40. The van der Waals surface area contributed by atoms with Crippen molar-refractivity contribution < 1.29 is 0 Å². The molecule has 0 saturated heterocycles. The zero-order valence-electron chi connectivity index (χ0n) is 32.7. The third-order valence-electron chi connectivity index (χ3n) is 9.41. The maximum Gasteiger partial charge on any atom is 0.164 e. The van der Waals surface area contributed by atoms with Crippen LogP contribution in [0.4, 0.5) is 0 Å². The molecule has 5 aromatic carbocycles. The zero-order valence-corrected chi connectivity index (χ0v) is 34.5. The minimum absolute atomic E-state index is 0.467. The first kappa shape index (κ1) is 40.2. The van der Waals surface area contributed by atoms with Crippen LogP contribution in [0.5, 0.6) is 0 Å². The molecule has 59 heavy (non-hydrogen) atoms. The highest BCUT2D eigenvalue weighted by Crippen LogP contribution is 2.40. The number of hydrogen-bond donors (Lipinski definition) is 1. The third-order valence-corrected chi connectivity index (χ3v) is 10.9. The van der Waals surface area contributed by atoms with Crippen molar-refractivity contribution >= 4 is 73.7 Å². The summed E-state index contributed by atoms with van der Waals surface area (Å²) >= 11 is 6.45. The van der Waals surface area contributed by atoms with E-state index in [1.165, 1.54) is 0 Å². The number of terminal acetylenes is 1. The molecule has 7 aromatic rings. The minimum Gasteiger partial charge on any atom is -0.261 e. The number of thiophene rings is 1. The van der Waals surface area contributed by atoms with Gasteiger partial charge < -0.3 is 0 Å². The van der Waals surface area contributed by atoms with Gasteiger partial charge in [0.05, 0.1) is 6.54 Å². The molecule has 0 spiro atoms. The van der Waals surface area contributed by atoms with E-state index in [4.69, 9.17) is 44.0 Å². The summed E-state index contributed by atoms with van der Waals surface area (Å²) in [6.07, 6.45) is 19.2. The summed E-state index contributed by atoms with van der Waals surface area (Å²) in [6.45, 7) is 12.2. The van der Waals surface area contributed by atoms with Gasteiger partial charge in [0.15, 0.2) is 29.1 Å². The van der Waals surface area contributed by atoms with Gasteiger partial charge in [0, 0.05) is 64.0 Å². The van der Waals surface area contributed by atoms with Gasteiger partial charge >= 0.3 is 0 Å². The molecule has 0 aliphatic carbocycles. The zero-order chi connectivity index (χ0) is 41.1. The summed E-state index contributed by atoms with van der Waals surface area (Å²) in [5, 5.41) is 2.04. The van der Waals surface area contributed by atoms with E-state index in [0.29, 0.717) is 41.3 Å². The van der Waals surface area contributed by atoms with Gasteiger partial charge in [-0.15, -0.1) is 30.4 Å². The predicted molar refractivity (Wildman–Crippen MR) is 255 cm³/mol. The Bertz CT molecular complexity index is 2920. The first-order valence-electron chi connectivity index (χ1n) is 18.9. The van der Waals surface area contributed by atoms with E-state index in [0.717, 1.165) is 64.0 Å². The van der Waals surface area contributed by atoms with Crippen molar-refractivity contribution in [3.63, 3.8) is 0 Å². The number of amidine groups is 2. The number of allylic oxidation sites excluding steroid dienone is 9. The predicted octanol–water partition coefficient (Wildman–Crippen LogP) is 12.7. The minimum atomic E-state index is 0.467. The van der Waals surface area contributed by atoms with Crippen molar-refractivity contribution in [2.75, 3.05) is 0 Å². The normalized spacial score (nSPS) is 12.8. The Balaban J connectivity index is 1.40. The number of aliphatic imine (C=N–C) groups is 3. The molecule has 2 heterocycles. The lowest BCUT2D eigenvalue weighted by molar-refractivity contribution is 1.04. The Morgan fingerprint density at radius 3 is 2.32 bits per heavy atom. The van der Waals surface area contributed by atoms with Gasteiger partial charge in [-0.05, 0) is 68.6 Å². The Kier molecular flexibility index (Phi) is 12.9. The highest BCUT2D eigenvalue weighted by Gasteiger charge is 2.19. The molecule has 286 valence electrons. The molecule has 0 aliphatic heterocycles. The molecule has 0 saturated carbocycles. The fourth-order valence-corrected chi connectivity index (χ4v) is 7.87. The number of nitrogens with zero attached hydrogens (tertiary/aromatic N) is 6. The van der Waals surface area contributed by atoms with E-state index in [2.05, 4.69) is 60.6 Å². The van der Waals surface area contributed by atoms with E-state index >= 15 is 0 Å². The molecule has 6 nitrogen and oxygen atoms in total. The lowest BCUT2D eigenvalue weighted by Gasteiger charge is -2.12. The molecule has 0 aliphatic rings. The number of aromatic nitrogens is 3. The quantitative estimate of drug-likeness (QED) is 0.0465. The van der Waals surface area contributed by atoms with Crippen LogP contribution in [0, 0.1) is 12.3 Å². The summed E-state index contributed by atoms with van der Waals surface area (Å²) < 4.78 is 2.19. The fraction of sp³-hybridized carbons (Fsp3) is 0.0588. The van der Waals surface area contributed by atoms with Gasteiger partial charge in [0.1, 0.15) is 0 Å². The average molecular weight is 801 g/mol. The largest absolute Gasteiger partial charge is 0.261 e. The van der Waals surface area contributed by atoms with Crippen LogP contribution >= 0.6 is 24.0 Å². The van der Waals surface area contributed by atoms with Crippen molar-refractivity contribution in [1.29, 1.82) is 0 Å². The Labute approximate surface area is 354 Å². The van der Waals surface area contributed by atoms with Crippen LogP contribution in [-0.4, -0.2) is 33.3 Å². The molecule has 2 aromatic heterocycles. The molecule has 0 atom stereocenters. The molecule has 8 heteroatoms. The van der Waals surface area contributed by atoms with Crippen LogP contribution in [0.3, 0.4) is 0 Å². The monoisotopic (exact) mass is 800 g/mol. The average Bonchev–Trinajstić information content (AvgIpc) is 3.66. The van der Waals surface area contributed by atoms with Gasteiger partial charge in [-0.3, -0.25) is 4.99 Å². The first-order chi connectivity index (χ1) is 28.9. The van der Waals surface area contributed by atoms with Gasteiger partial charge in [-0.25, -0.2) is 24.9 Å². The first-order valence-corrected chi connectivity index (χ1v) is 20.2. The lowest BCUT2D eigenvalue weighted by Crippen LogP contribution is -2.05. The molecule has 0 unspecified atom stereocenters. The highest BCUT2D eigenvalue weighted by atomic mass is 32.1. The Hall–Kier alpha value is -7.05. The van der Waals surface area contributed by atoms with Crippen LogP contribution in [-0.2, 0) is 6.54 Å². The molecule has 7 rings (SSSR count). The number of fused-ring (bicyclic) bond motifs is 3. The molecule has 0 N–H and O–H groups in total. The number of hydrogen-bond acceptors (Lipinski definition) is 6. The number of thiol groups is 1. The molecule has 0 bridgehead atoms. The third kappa shape index (κ3) is 9.08. The highest BCUT2D eigenvalue weighted by molar-refractivity contribution is 7.80. The summed E-state index contributed by atoms with van der Waals surface area (Å²) in [7, 11) is 0.